The average Bonchev–Trinajstić information content (AvgIpc) is 3.46. The van der Waals surface area contributed by atoms with Crippen LogP contribution in [0.2, 0.25) is 0 Å². The minimum absolute atomic E-state index is 0.0929. The first-order chi connectivity index (χ1) is 20.5. The van der Waals surface area contributed by atoms with Crippen molar-refractivity contribution >= 4 is 78.1 Å². The van der Waals surface area contributed by atoms with Crippen molar-refractivity contribution in [2.45, 2.75) is 21.1 Å². The molecule has 43 heavy (non-hydrogen) atoms. The van der Waals surface area contributed by atoms with Gasteiger partial charge in [0.2, 0.25) is 21.8 Å². The number of sulfonamides is 1. The first kappa shape index (κ1) is 29.3. The molecule has 1 fully saturated rings. The van der Waals surface area contributed by atoms with Crippen LogP contribution in [0, 0.1) is 5.92 Å². The summed E-state index contributed by atoms with van der Waals surface area (Å²) in [7, 11) is -3.87. The molecule has 4 aromatic rings. The van der Waals surface area contributed by atoms with Crippen molar-refractivity contribution in [3.63, 3.8) is 0 Å². The molecule has 11 nitrogen and oxygen atoms in total. The van der Waals surface area contributed by atoms with Crippen molar-refractivity contribution < 1.29 is 27.5 Å². The number of ether oxygens (including phenoxy) is 1. The molecule has 3 unspecified atom stereocenters. The number of thiazole rings is 1. The normalized spacial score (nSPS) is 19.6. The van der Waals surface area contributed by atoms with E-state index in [1.807, 2.05) is 0 Å². The molecule has 0 saturated carbocycles. The van der Waals surface area contributed by atoms with E-state index in [0.717, 1.165) is 15.8 Å². The lowest BCUT2D eigenvalue weighted by Crippen LogP contribution is -2.32. The van der Waals surface area contributed by atoms with Crippen molar-refractivity contribution in [3.05, 3.63) is 97.4 Å². The third-order valence-corrected chi connectivity index (χ3v) is 10.8. The second-order valence-electron chi connectivity index (χ2n) is 9.68. The molecule has 4 N–H and O–H groups in total. The zero-order chi connectivity index (χ0) is 30.5. The summed E-state index contributed by atoms with van der Waals surface area (Å²) in [5.74, 6) is -2.49. The Labute approximate surface area is 261 Å². The number of nitrogens with one attached hydrogen (secondary N) is 2. The molecule has 3 aromatic carbocycles. The van der Waals surface area contributed by atoms with E-state index in [1.165, 1.54) is 40.9 Å². The predicted octanol–water partition coefficient (Wildman–Crippen LogP) is 3.66. The summed E-state index contributed by atoms with van der Waals surface area (Å²) in [4.78, 5) is 56.9. The smallest absolute Gasteiger partial charge is 0.305 e. The van der Waals surface area contributed by atoms with Crippen molar-refractivity contribution in [2.75, 3.05) is 16.8 Å². The Morgan fingerprint density at radius 2 is 1.70 bits per heavy atom. The fraction of sp³-hybridized carbons (Fsp3) is 0.143. The highest BCUT2D eigenvalue weighted by atomic mass is 79.9. The van der Waals surface area contributed by atoms with Gasteiger partial charge in [0.1, 0.15) is 11.0 Å². The predicted molar refractivity (Wildman–Crippen MR) is 165 cm³/mol. The summed E-state index contributed by atoms with van der Waals surface area (Å²) in [6.07, 6.45) is 0. The molecule has 3 atom stereocenters. The number of aromatic nitrogens is 1. The number of carbonyl (C=O) groups is 3. The number of halogens is 1. The van der Waals surface area contributed by atoms with E-state index in [0.29, 0.717) is 32.6 Å². The maximum absolute atomic E-state index is 13.9. The van der Waals surface area contributed by atoms with Crippen molar-refractivity contribution in [1.82, 2.24) is 4.98 Å². The van der Waals surface area contributed by atoms with Gasteiger partial charge in [-0.3, -0.25) is 19.2 Å². The van der Waals surface area contributed by atoms with Crippen LogP contribution in [0.4, 0.5) is 11.4 Å². The van der Waals surface area contributed by atoms with E-state index in [-0.39, 0.29) is 15.7 Å². The fourth-order valence-corrected chi connectivity index (χ4v) is 8.42. The molecule has 0 aliphatic carbocycles. The summed E-state index contributed by atoms with van der Waals surface area (Å²) < 4.78 is 29.7. The van der Waals surface area contributed by atoms with E-state index >= 15 is 0 Å². The van der Waals surface area contributed by atoms with E-state index in [4.69, 9.17) is 9.88 Å². The Morgan fingerprint density at radius 1 is 1.00 bits per heavy atom. The minimum Gasteiger partial charge on any atom is -0.483 e. The molecule has 6 rings (SSSR count). The van der Waals surface area contributed by atoms with Crippen molar-refractivity contribution in [1.29, 1.82) is 0 Å². The third kappa shape index (κ3) is 5.65. The van der Waals surface area contributed by atoms with Crippen molar-refractivity contribution in [3.8, 4) is 5.75 Å². The summed E-state index contributed by atoms with van der Waals surface area (Å²) in [6.45, 7) is -0.405. The third-order valence-electron chi connectivity index (χ3n) is 6.99. The van der Waals surface area contributed by atoms with E-state index in [2.05, 4.69) is 26.2 Å². The van der Waals surface area contributed by atoms with Gasteiger partial charge < -0.3 is 15.0 Å². The van der Waals surface area contributed by atoms with Gasteiger partial charge in [-0.15, -0.1) is 0 Å². The molecule has 2 aliphatic rings. The number of carbonyl (C=O) groups excluding carboxylic acids is 3. The number of imide groups is 1. The first-order valence-corrected chi connectivity index (χ1v) is 16.7. The van der Waals surface area contributed by atoms with Crippen LogP contribution in [0.1, 0.15) is 16.4 Å². The van der Waals surface area contributed by atoms with Gasteiger partial charge in [0.15, 0.2) is 6.61 Å². The summed E-state index contributed by atoms with van der Waals surface area (Å²) in [5.41, 5.74) is 1.34. The van der Waals surface area contributed by atoms with Crippen molar-refractivity contribution in [2.24, 2.45) is 11.1 Å². The van der Waals surface area contributed by atoms with Gasteiger partial charge in [-0.2, -0.15) is 0 Å². The number of primary sulfonamides is 1. The standard InChI is InChI=1S/C28H21BrN4O7S3/c29-14-5-9-16(10-6-14)33-26(35)22-21(23-25(32-28(37)42-23)41-24(22)27(33)36)18-3-1-2-4-19(18)40-13-20(34)31-15-7-11-17(12-8-15)43(30,38)39/h1-12,21-22,24H,13H2,(H,31,34)(H,32,37)(H2,30,38,39). The molecular weight excluding hydrogens is 680 g/mol. The number of nitrogens with zero attached hydrogens (tertiary/aromatic N) is 1. The maximum atomic E-state index is 13.9. The number of aromatic amines is 1. The number of para-hydroxylation sites is 1. The molecule has 1 aromatic heterocycles. The highest BCUT2D eigenvalue weighted by molar-refractivity contribution is 9.10. The molecule has 3 amide bonds. The van der Waals surface area contributed by atoms with Crippen LogP contribution in [0.25, 0.3) is 0 Å². The molecule has 2 aliphatic heterocycles. The summed E-state index contributed by atoms with van der Waals surface area (Å²) in [6, 6.07) is 19.1. The number of amides is 3. The topological polar surface area (TPSA) is 169 Å². The van der Waals surface area contributed by atoms with Crippen LogP contribution >= 0.6 is 39.0 Å². The quantitative estimate of drug-likeness (QED) is 0.246. The number of hydrogen-bond acceptors (Lipinski definition) is 9. The summed E-state index contributed by atoms with van der Waals surface area (Å²) >= 11 is 5.52. The fourth-order valence-electron chi connectivity index (χ4n) is 5.13. The zero-order valence-electron chi connectivity index (χ0n) is 21.9. The SMILES string of the molecule is NS(=O)(=O)c1ccc(NC(=O)COc2ccccc2C2c3sc(=O)[nH]c3SC3C(=O)N(c4ccc(Br)cc4)C(=O)C32)cc1. The Kier molecular flexibility index (Phi) is 7.76. The second kappa shape index (κ2) is 11.4. The zero-order valence-corrected chi connectivity index (χ0v) is 25.9. The highest BCUT2D eigenvalue weighted by Crippen LogP contribution is 2.54. The molecule has 15 heteroatoms. The van der Waals surface area contributed by atoms with E-state index in [9.17, 15) is 27.6 Å². The second-order valence-corrected chi connectivity index (χ2v) is 14.3. The van der Waals surface area contributed by atoms with Gasteiger partial charge in [-0.1, -0.05) is 57.2 Å². The number of nitrogens with two attached hydrogens (primary N) is 1. The Balaban J connectivity index is 1.29. The molecule has 0 radical (unpaired) electrons. The number of hydrogen-bond donors (Lipinski definition) is 3. The largest absolute Gasteiger partial charge is 0.483 e. The van der Waals surface area contributed by atoms with E-state index in [1.54, 1.807) is 48.5 Å². The van der Waals surface area contributed by atoms with Crippen LogP contribution in [0.5, 0.6) is 5.75 Å². The van der Waals surface area contributed by atoms with Gasteiger partial charge in [-0.05, 0) is 54.6 Å². The minimum atomic E-state index is -3.87. The summed E-state index contributed by atoms with van der Waals surface area (Å²) in [5, 5.41) is 7.49. The first-order valence-electron chi connectivity index (χ1n) is 12.7. The van der Waals surface area contributed by atoms with Crippen LogP contribution in [-0.2, 0) is 24.4 Å². The van der Waals surface area contributed by atoms with Gasteiger partial charge in [-0.25, -0.2) is 18.5 Å². The van der Waals surface area contributed by atoms with Crippen LogP contribution in [-0.4, -0.2) is 43.0 Å². The Bertz CT molecular complexity index is 1920. The molecule has 220 valence electrons. The van der Waals surface area contributed by atoms with Gasteiger partial charge in [0.25, 0.3) is 5.91 Å². The van der Waals surface area contributed by atoms with E-state index < -0.39 is 45.5 Å². The highest BCUT2D eigenvalue weighted by Gasteiger charge is 2.56. The number of anilines is 2. The van der Waals surface area contributed by atoms with Crippen LogP contribution < -0.4 is 25.0 Å². The number of fused-ring (bicyclic) bond motifs is 2. The number of thioether (sulfide) groups is 1. The van der Waals surface area contributed by atoms with Gasteiger partial charge in [0.05, 0.1) is 21.5 Å². The maximum Gasteiger partial charge on any atom is 0.305 e. The molecular formula is C28H21BrN4O7S3. The molecule has 0 bridgehead atoms. The number of H-pyrrole nitrogens is 1. The molecule has 1 saturated heterocycles. The number of rotatable bonds is 7. The monoisotopic (exact) mass is 700 g/mol. The average molecular weight is 702 g/mol. The van der Waals surface area contributed by atoms with Gasteiger partial charge in [0, 0.05) is 26.5 Å². The lowest BCUT2D eigenvalue weighted by Gasteiger charge is -2.30. The van der Waals surface area contributed by atoms with Crippen LogP contribution in [0.15, 0.2) is 92.0 Å². The Morgan fingerprint density at radius 3 is 2.40 bits per heavy atom. The van der Waals surface area contributed by atoms with Gasteiger partial charge >= 0.3 is 4.87 Å². The lowest BCUT2D eigenvalue weighted by molar-refractivity contribution is -0.122. The number of benzene rings is 3. The molecule has 3 heterocycles. The lowest BCUT2D eigenvalue weighted by atomic mass is 9.82. The molecule has 0 spiro atoms. The Hall–Kier alpha value is -3.76. The van der Waals surface area contributed by atoms with Crippen LogP contribution in [0.3, 0.4) is 0 Å².